The molecule has 2 aromatic rings. The van der Waals surface area contributed by atoms with Crippen LogP contribution in [-0.4, -0.2) is 95.7 Å². The fourth-order valence-corrected chi connectivity index (χ4v) is 9.34. The fourth-order valence-electron chi connectivity index (χ4n) is 8.39. The summed E-state index contributed by atoms with van der Waals surface area (Å²) in [6, 6.07) is 13.4. The van der Waals surface area contributed by atoms with Gasteiger partial charge in [0.15, 0.2) is 0 Å². The third kappa shape index (κ3) is 7.09. The third-order valence-electron chi connectivity index (χ3n) is 10.5. The summed E-state index contributed by atoms with van der Waals surface area (Å²) in [7, 11) is 0. The summed E-state index contributed by atoms with van der Waals surface area (Å²) in [6.45, 7) is 20.3. The molecule has 3 aliphatic rings. The fraction of sp³-hybridized carbons (Fsp3) is 0.525. The number of aliphatic hydroxyl groups excluding tert-OH is 1. The van der Waals surface area contributed by atoms with Gasteiger partial charge in [-0.25, -0.2) is 0 Å². The number of amides is 3. The van der Waals surface area contributed by atoms with E-state index in [4.69, 9.17) is 9.47 Å². The van der Waals surface area contributed by atoms with E-state index in [2.05, 4.69) is 47.8 Å². The van der Waals surface area contributed by atoms with Gasteiger partial charge < -0.3 is 34.2 Å². The molecule has 3 amide bonds. The molecule has 10 nitrogen and oxygen atoms in total. The van der Waals surface area contributed by atoms with Crippen molar-refractivity contribution >= 4 is 50.7 Å². The molecule has 51 heavy (non-hydrogen) atoms. The molecule has 5 rings (SSSR count). The number of hydrogen-bond donors (Lipinski definition) is 1. The molecule has 3 heterocycles. The molecule has 1 spiro atoms. The Balaban J connectivity index is 1.59. The highest BCUT2D eigenvalue weighted by atomic mass is 79.9. The quantitative estimate of drug-likeness (QED) is 0.160. The van der Waals surface area contributed by atoms with Gasteiger partial charge in [0.2, 0.25) is 11.8 Å². The number of alkyl halides is 1. The number of ether oxygens (including phenoxy) is 2. The van der Waals surface area contributed by atoms with Crippen molar-refractivity contribution in [1.82, 2.24) is 4.90 Å². The lowest BCUT2D eigenvalue weighted by atomic mass is 9.70. The van der Waals surface area contributed by atoms with Crippen LogP contribution in [0.25, 0.3) is 0 Å². The van der Waals surface area contributed by atoms with Crippen molar-refractivity contribution in [3.63, 3.8) is 0 Å². The topological polar surface area (TPSA) is 103 Å². The summed E-state index contributed by atoms with van der Waals surface area (Å²) in [4.78, 5) is 51.6. The molecule has 0 aromatic heterocycles. The van der Waals surface area contributed by atoms with Gasteiger partial charge in [-0.3, -0.25) is 14.4 Å². The van der Waals surface area contributed by atoms with E-state index in [9.17, 15) is 14.7 Å². The number of likely N-dealkylation sites (tertiary alicyclic amines) is 1. The lowest BCUT2D eigenvalue weighted by molar-refractivity contribution is -0.144. The third-order valence-corrected chi connectivity index (χ3v) is 11.3. The molecule has 1 N–H and O–H groups in total. The second-order valence-electron chi connectivity index (χ2n) is 14.0. The summed E-state index contributed by atoms with van der Waals surface area (Å²) >= 11 is 3.81. The number of hydrogen-bond acceptors (Lipinski definition) is 7. The van der Waals surface area contributed by atoms with E-state index in [1.165, 1.54) is 0 Å². The van der Waals surface area contributed by atoms with Crippen LogP contribution in [0.3, 0.4) is 0 Å². The van der Waals surface area contributed by atoms with Crippen molar-refractivity contribution in [2.45, 2.75) is 76.1 Å². The van der Waals surface area contributed by atoms with Crippen LogP contribution in [-0.2, 0) is 19.1 Å². The van der Waals surface area contributed by atoms with Crippen LogP contribution in [0.5, 0.6) is 5.75 Å². The van der Waals surface area contributed by atoms with Crippen molar-refractivity contribution < 1.29 is 29.0 Å². The second kappa shape index (κ2) is 16.3. The Morgan fingerprint density at radius 3 is 2.04 bits per heavy atom. The summed E-state index contributed by atoms with van der Waals surface area (Å²) in [5.74, 6) is -1.93. The van der Waals surface area contributed by atoms with Crippen LogP contribution >= 0.6 is 15.9 Å². The number of benzene rings is 2. The van der Waals surface area contributed by atoms with E-state index < -0.39 is 35.6 Å². The molecule has 7 atom stereocenters. The van der Waals surface area contributed by atoms with Gasteiger partial charge in [0.05, 0.1) is 37.2 Å². The molecule has 0 saturated carbocycles. The molecular weight excluding hydrogens is 712 g/mol. The van der Waals surface area contributed by atoms with Gasteiger partial charge in [-0.15, -0.1) is 13.2 Å². The maximum absolute atomic E-state index is 15.2. The number of nitrogens with zero attached hydrogens (tertiary/aromatic N) is 4. The van der Waals surface area contributed by atoms with Gasteiger partial charge in [0.1, 0.15) is 17.4 Å². The monoisotopic (exact) mass is 764 g/mol. The van der Waals surface area contributed by atoms with Gasteiger partial charge in [-0.05, 0) is 88.1 Å². The molecule has 3 fully saturated rings. The van der Waals surface area contributed by atoms with E-state index >= 15 is 4.79 Å². The second-order valence-corrected chi connectivity index (χ2v) is 15.1. The summed E-state index contributed by atoms with van der Waals surface area (Å²) in [5.41, 5.74) is 1.05. The summed E-state index contributed by atoms with van der Waals surface area (Å²) in [6.07, 6.45) is 3.52. The first kappa shape index (κ1) is 38.6. The minimum atomic E-state index is -1.29. The van der Waals surface area contributed by atoms with Crippen LogP contribution in [0.4, 0.5) is 17.1 Å². The molecule has 3 unspecified atom stereocenters. The van der Waals surface area contributed by atoms with Crippen molar-refractivity contribution in [2.75, 3.05) is 54.1 Å². The maximum atomic E-state index is 15.2. The van der Waals surface area contributed by atoms with Crippen LogP contribution in [0.2, 0.25) is 0 Å². The highest BCUT2D eigenvalue weighted by Gasteiger charge is 2.77. The number of anilines is 3. The van der Waals surface area contributed by atoms with Crippen molar-refractivity contribution in [3.05, 3.63) is 73.8 Å². The van der Waals surface area contributed by atoms with Crippen molar-refractivity contribution in [2.24, 2.45) is 17.8 Å². The Morgan fingerprint density at radius 1 is 0.980 bits per heavy atom. The zero-order valence-corrected chi connectivity index (χ0v) is 32.1. The Bertz CT molecular complexity index is 1560. The molecular formula is C40H53BrN4O6. The zero-order chi connectivity index (χ0) is 37.0. The van der Waals surface area contributed by atoms with Crippen LogP contribution in [0, 0.1) is 17.8 Å². The van der Waals surface area contributed by atoms with E-state index in [1.54, 1.807) is 26.9 Å². The molecule has 2 bridgehead atoms. The standard InChI is InChI=1S/C40H53BrN4O6/c1-8-21-43(29-17-19-31(20-18-29)50-12-5)37(47)33-34-38(48)45(30(25-46)23-26(6)7)36(40(34)24-32(41)35(33)51-40)39(49)44(22-9-2)28-15-13-27(14-16-28)42(10-3)11-4/h8-9,13-20,26,30,32-36,46H,1-2,10-12,21-25H2,3-7H3/t30-,32?,33-,34+,35-,36?,40?/m1/s1. The first-order chi connectivity index (χ1) is 24.5. The number of fused-ring (bicyclic) bond motifs is 1. The van der Waals surface area contributed by atoms with Crippen molar-refractivity contribution in [3.8, 4) is 5.75 Å². The van der Waals surface area contributed by atoms with E-state index in [0.29, 0.717) is 36.6 Å². The molecule has 3 aliphatic heterocycles. The predicted molar refractivity (Wildman–Crippen MR) is 206 cm³/mol. The minimum absolute atomic E-state index is 0.127. The largest absolute Gasteiger partial charge is 0.494 e. The smallest absolute Gasteiger partial charge is 0.253 e. The van der Waals surface area contributed by atoms with Gasteiger partial charge >= 0.3 is 0 Å². The lowest BCUT2D eigenvalue weighted by Crippen LogP contribution is -2.59. The van der Waals surface area contributed by atoms with Gasteiger partial charge in [0, 0.05) is 48.1 Å². The first-order valence-corrected chi connectivity index (χ1v) is 19.1. The number of aliphatic hydroxyl groups is 1. The Labute approximate surface area is 311 Å². The average Bonchev–Trinajstić information content (AvgIpc) is 3.72. The molecule has 0 aliphatic carbocycles. The van der Waals surface area contributed by atoms with Gasteiger partial charge in [-0.2, -0.15) is 0 Å². The van der Waals surface area contributed by atoms with Gasteiger partial charge in [0.25, 0.3) is 5.91 Å². The number of carbonyl (C=O) groups is 3. The predicted octanol–water partition coefficient (Wildman–Crippen LogP) is 5.82. The molecule has 3 saturated heterocycles. The number of halogens is 1. The van der Waals surface area contributed by atoms with E-state index in [-0.39, 0.29) is 48.2 Å². The molecule has 11 heteroatoms. The number of rotatable bonds is 17. The Hall–Kier alpha value is -3.67. The lowest BCUT2D eigenvalue weighted by Gasteiger charge is -2.40. The van der Waals surface area contributed by atoms with Crippen LogP contribution in [0.1, 0.15) is 47.5 Å². The molecule has 2 aromatic carbocycles. The first-order valence-electron chi connectivity index (χ1n) is 18.2. The van der Waals surface area contributed by atoms with E-state index in [0.717, 1.165) is 18.8 Å². The SMILES string of the molecule is C=CCN(C(=O)C1N([C@@H](CO)CC(C)C)C(=O)[C@@H]2[C@@H](C(=O)N(CC=C)c3ccc(OCC)cc3)[C@@H]3OC12CC3Br)c1ccc(N(CC)CC)cc1. The summed E-state index contributed by atoms with van der Waals surface area (Å²) in [5, 5.41) is 10.8. The maximum Gasteiger partial charge on any atom is 0.253 e. The Kier molecular flexibility index (Phi) is 12.4. The van der Waals surface area contributed by atoms with Crippen LogP contribution < -0.4 is 19.4 Å². The van der Waals surface area contributed by atoms with E-state index in [1.807, 2.05) is 69.3 Å². The normalized spacial score (nSPS) is 25.5. The molecule has 276 valence electrons. The highest BCUT2D eigenvalue weighted by Crippen LogP contribution is 2.61. The van der Waals surface area contributed by atoms with Crippen LogP contribution in [0.15, 0.2) is 73.8 Å². The zero-order valence-electron chi connectivity index (χ0n) is 30.5. The van der Waals surface area contributed by atoms with Crippen molar-refractivity contribution in [1.29, 1.82) is 0 Å². The van der Waals surface area contributed by atoms with Gasteiger partial charge in [-0.1, -0.05) is 41.9 Å². The highest BCUT2D eigenvalue weighted by molar-refractivity contribution is 9.09. The minimum Gasteiger partial charge on any atom is -0.494 e. The molecule has 0 radical (unpaired) electrons. The number of carbonyl (C=O) groups excluding carboxylic acids is 3. The Morgan fingerprint density at radius 2 is 1.53 bits per heavy atom. The average molecular weight is 766 g/mol. The summed E-state index contributed by atoms with van der Waals surface area (Å²) < 4.78 is 12.5.